The second kappa shape index (κ2) is 7.34. The van der Waals surface area contributed by atoms with Gasteiger partial charge in [-0.25, -0.2) is 4.98 Å². The van der Waals surface area contributed by atoms with Gasteiger partial charge in [-0.15, -0.1) is 0 Å². The Hall–Kier alpha value is -1.88. The summed E-state index contributed by atoms with van der Waals surface area (Å²) in [6, 6.07) is 8.37. The second-order valence-corrected chi connectivity index (χ2v) is 7.11. The van der Waals surface area contributed by atoms with E-state index in [1.54, 1.807) is 0 Å². The average Bonchev–Trinajstić information content (AvgIpc) is 3.20. The lowest BCUT2D eigenvalue weighted by Crippen LogP contribution is -2.29. The molecule has 5 nitrogen and oxygen atoms in total. The molecule has 1 aromatic carbocycles. The van der Waals surface area contributed by atoms with Crippen LogP contribution in [0.5, 0.6) is 0 Å². The summed E-state index contributed by atoms with van der Waals surface area (Å²) in [5.74, 6) is 1.70. The highest BCUT2D eigenvalue weighted by atomic mass is 16.1. The van der Waals surface area contributed by atoms with E-state index < -0.39 is 0 Å². The fourth-order valence-electron chi connectivity index (χ4n) is 3.59. The first-order valence-corrected chi connectivity index (χ1v) is 9.03. The highest BCUT2D eigenvalue weighted by Crippen LogP contribution is 2.25. The molecule has 2 heterocycles. The first-order valence-electron chi connectivity index (χ1n) is 9.03. The van der Waals surface area contributed by atoms with Crippen molar-refractivity contribution < 1.29 is 4.79 Å². The number of aromatic nitrogens is 2. The number of hydrogen-bond acceptors (Lipinski definition) is 3. The van der Waals surface area contributed by atoms with Crippen LogP contribution in [0.1, 0.15) is 57.9 Å². The minimum atomic E-state index is -0.0889. The molecule has 2 aromatic rings. The maximum atomic E-state index is 12.3. The molecule has 1 fully saturated rings. The molecular weight excluding hydrogens is 300 g/mol. The monoisotopic (exact) mass is 328 g/mol. The molecule has 0 saturated carbocycles. The summed E-state index contributed by atoms with van der Waals surface area (Å²) in [5, 5.41) is 6.49. The SMILES string of the molecule is CC(NC(=O)CCC1CCNC1)c1nc2ccccc2n1C(C)C. The molecule has 130 valence electrons. The number of hydrogen-bond donors (Lipinski definition) is 2. The zero-order chi connectivity index (χ0) is 17.1. The average molecular weight is 328 g/mol. The number of carbonyl (C=O) groups excluding carboxylic acids is 1. The summed E-state index contributed by atoms with van der Waals surface area (Å²) in [4.78, 5) is 17.1. The normalized spacial score (nSPS) is 19.1. The predicted octanol–water partition coefficient (Wildman–Crippen LogP) is 3.18. The highest BCUT2D eigenvalue weighted by molar-refractivity contribution is 5.78. The third-order valence-corrected chi connectivity index (χ3v) is 4.85. The summed E-state index contributed by atoms with van der Waals surface area (Å²) in [6.45, 7) is 8.46. The lowest BCUT2D eigenvalue weighted by Gasteiger charge is -2.19. The molecule has 0 aliphatic carbocycles. The van der Waals surface area contributed by atoms with Gasteiger partial charge in [0.15, 0.2) is 0 Å². The molecule has 0 radical (unpaired) electrons. The van der Waals surface area contributed by atoms with Crippen LogP contribution in [0.2, 0.25) is 0 Å². The van der Waals surface area contributed by atoms with Crippen LogP contribution >= 0.6 is 0 Å². The molecule has 2 unspecified atom stereocenters. The van der Waals surface area contributed by atoms with E-state index in [9.17, 15) is 4.79 Å². The van der Waals surface area contributed by atoms with Crippen LogP contribution in [0.25, 0.3) is 11.0 Å². The van der Waals surface area contributed by atoms with Crippen molar-refractivity contribution in [2.24, 2.45) is 5.92 Å². The van der Waals surface area contributed by atoms with Gasteiger partial charge in [0.2, 0.25) is 5.91 Å². The largest absolute Gasteiger partial charge is 0.346 e. The third-order valence-electron chi connectivity index (χ3n) is 4.85. The molecule has 3 rings (SSSR count). The predicted molar refractivity (Wildman–Crippen MR) is 96.9 cm³/mol. The zero-order valence-corrected chi connectivity index (χ0v) is 14.9. The quantitative estimate of drug-likeness (QED) is 0.856. The number of nitrogens with one attached hydrogen (secondary N) is 2. The van der Waals surface area contributed by atoms with Crippen LogP contribution in [0.15, 0.2) is 24.3 Å². The molecule has 1 aliphatic heterocycles. The Morgan fingerprint density at radius 3 is 2.88 bits per heavy atom. The van der Waals surface area contributed by atoms with Gasteiger partial charge >= 0.3 is 0 Å². The van der Waals surface area contributed by atoms with Gasteiger partial charge in [0.25, 0.3) is 0 Å². The van der Waals surface area contributed by atoms with Crippen LogP contribution < -0.4 is 10.6 Å². The molecule has 24 heavy (non-hydrogen) atoms. The number of para-hydroxylation sites is 2. The lowest BCUT2D eigenvalue weighted by atomic mass is 10.0. The maximum Gasteiger partial charge on any atom is 0.220 e. The van der Waals surface area contributed by atoms with Gasteiger partial charge in [-0.3, -0.25) is 4.79 Å². The summed E-state index contributed by atoms with van der Waals surface area (Å²) in [5.41, 5.74) is 2.11. The first kappa shape index (κ1) is 17.0. The Labute approximate surface area is 143 Å². The van der Waals surface area contributed by atoms with Crippen LogP contribution in [-0.2, 0) is 4.79 Å². The van der Waals surface area contributed by atoms with Crippen molar-refractivity contribution in [3.8, 4) is 0 Å². The second-order valence-electron chi connectivity index (χ2n) is 7.11. The number of benzene rings is 1. The van der Waals surface area contributed by atoms with Crippen molar-refractivity contribution in [2.45, 2.75) is 52.1 Å². The highest BCUT2D eigenvalue weighted by Gasteiger charge is 2.21. The fourth-order valence-corrected chi connectivity index (χ4v) is 3.59. The lowest BCUT2D eigenvalue weighted by molar-refractivity contribution is -0.122. The maximum absolute atomic E-state index is 12.3. The molecule has 0 bridgehead atoms. The molecule has 0 spiro atoms. The smallest absolute Gasteiger partial charge is 0.220 e. The summed E-state index contributed by atoms with van der Waals surface area (Å²) < 4.78 is 2.22. The Bertz CT molecular complexity index is 700. The van der Waals surface area contributed by atoms with Gasteiger partial charge in [0, 0.05) is 12.5 Å². The molecule has 1 amide bonds. The summed E-state index contributed by atoms with van der Waals surface area (Å²) >= 11 is 0. The van der Waals surface area contributed by atoms with E-state index in [1.807, 2.05) is 25.1 Å². The molecule has 1 aromatic heterocycles. The number of imidazole rings is 1. The Balaban J connectivity index is 1.69. The molecule has 1 saturated heterocycles. The summed E-state index contributed by atoms with van der Waals surface area (Å²) in [7, 11) is 0. The van der Waals surface area contributed by atoms with Crippen LogP contribution in [0, 0.1) is 5.92 Å². The van der Waals surface area contributed by atoms with Crippen LogP contribution in [0.4, 0.5) is 0 Å². The fraction of sp³-hybridized carbons (Fsp3) is 0.579. The van der Waals surface area contributed by atoms with Crippen molar-refractivity contribution in [2.75, 3.05) is 13.1 Å². The topological polar surface area (TPSA) is 59.0 Å². The Kier molecular flexibility index (Phi) is 5.19. The van der Waals surface area contributed by atoms with Crippen LogP contribution in [0.3, 0.4) is 0 Å². The standard InChI is InChI=1S/C19H28N4O/c1-13(2)23-17-7-5-4-6-16(17)22-19(23)14(3)21-18(24)9-8-15-10-11-20-12-15/h4-7,13-15,20H,8-12H2,1-3H3,(H,21,24). The minimum absolute atomic E-state index is 0.0889. The number of rotatable bonds is 6. The van der Waals surface area contributed by atoms with Crippen molar-refractivity contribution in [1.29, 1.82) is 0 Å². The van der Waals surface area contributed by atoms with E-state index in [-0.39, 0.29) is 11.9 Å². The number of carbonyl (C=O) groups is 1. The van der Waals surface area contributed by atoms with Gasteiger partial charge in [0.1, 0.15) is 5.82 Å². The van der Waals surface area contributed by atoms with Crippen molar-refractivity contribution in [3.63, 3.8) is 0 Å². The first-order chi connectivity index (χ1) is 11.6. The van der Waals surface area contributed by atoms with Gasteiger partial charge in [-0.2, -0.15) is 0 Å². The van der Waals surface area contributed by atoms with E-state index in [4.69, 9.17) is 4.98 Å². The van der Waals surface area contributed by atoms with E-state index in [1.165, 1.54) is 6.42 Å². The van der Waals surface area contributed by atoms with Gasteiger partial charge in [-0.1, -0.05) is 12.1 Å². The van der Waals surface area contributed by atoms with E-state index in [0.29, 0.717) is 18.4 Å². The number of fused-ring (bicyclic) bond motifs is 1. The van der Waals surface area contributed by atoms with Crippen molar-refractivity contribution in [1.82, 2.24) is 20.2 Å². The van der Waals surface area contributed by atoms with E-state index >= 15 is 0 Å². The molecular formula is C19H28N4O. The van der Waals surface area contributed by atoms with Gasteiger partial charge in [0.05, 0.1) is 17.1 Å². The summed E-state index contributed by atoms with van der Waals surface area (Å²) in [6.07, 6.45) is 2.75. The number of amides is 1. The molecule has 2 N–H and O–H groups in total. The Morgan fingerprint density at radius 1 is 1.38 bits per heavy atom. The van der Waals surface area contributed by atoms with Crippen LogP contribution in [-0.4, -0.2) is 28.5 Å². The van der Waals surface area contributed by atoms with Gasteiger partial charge in [-0.05, 0) is 64.8 Å². The molecule has 2 atom stereocenters. The van der Waals surface area contributed by atoms with E-state index in [0.717, 1.165) is 36.4 Å². The number of nitrogens with zero attached hydrogens (tertiary/aromatic N) is 2. The van der Waals surface area contributed by atoms with E-state index in [2.05, 4.69) is 35.1 Å². The van der Waals surface area contributed by atoms with Crippen molar-refractivity contribution >= 4 is 16.9 Å². The van der Waals surface area contributed by atoms with Crippen molar-refractivity contribution in [3.05, 3.63) is 30.1 Å². The minimum Gasteiger partial charge on any atom is -0.346 e. The van der Waals surface area contributed by atoms with Gasteiger partial charge < -0.3 is 15.2 Å². The Morgan fingerprint density at radius 2 is 2.17 bits per heavy atom. The zero-order valence-electron chi connectivity index (χ0n) is 14.9. The molecule has 1 aliphatic rings. The molecule has 5 heteroatoms. The third kappa shape index (κ3) is 3.61.